The maximum atomic E-state index is 12.4. The molecule has 0 bridgehead atoms. The lowest BCUT2D eigenvalue weighted by molar-refractivity contribution is -0.131. The summed E-state index contributed by atoms with van der Waals surface area (Å²) in [5, 5.41) is 4.10. The first-order valence-electron chi connectivity index (χ1n) is 7.65. The molecular formula is C16H19N5O2. The molecule has 0 N–H and O–H groups in total. The van der Waals surface area contributed by atoms with Crippen LogP contribution in [0.3, 0.4) is 0 Å². The van der Waals surface area contributed by atoms with Gasteiger partial charge in [-0.1, -0.05) is 0 Å². The molecule has 0 aliphatic carbocycles. The first kappa shape index (κ1) is 15.3. The second-order valence-corrected chi connectivity index (χ2v) is 5.85. The largest absolute Gasteiger partial charge is 0.340 e. The number of amides is 1. The summed E-state index contributed by atoms with van der Waals surface area (Å²) < 4.78 is 1.22. The van der Waals surface area contributed by atoms with E-state index in [-0.39, 0.29) is 23.9 Å². The SMILES string of the molecule is Cc1ccnc([C@H]2CCN(C(=O)Cn3nc(C)ccc3=O)C2)n1. The summed E-state index contributed by atoms with van der Waals surface area (Å²) >= 11 is 0. The van der Waals surface area contributed by atoms with Crippen LogP contribution in [0, 0.1) is 13.8 Å². The van der Waals surface area contributed by atoms with Gasteiger partial charge < -0.3 is 4.90 Å². The summed E-state index contributed by atoms with van der Waals surface area (Å²) in [6, 6.07) is 4.93. The van der Waals surface area contributed by atoms with Crippen LogP contribution >= 0.6 is 0 Å². The standard InChI is InChI=1S/C16H19N5O2/c1-11-5-7-17-16(18-11)13-6-8-20(9-13)15(23)10-21-14(22)4-3-12(2)19-21/h3-5,7,13H,6,8-10H2,1-2H3/t13-/m0/s1. The monoisotopic (exact) mass is 313 g/mol. The van der Waals surface area contributed by atoms with Gasteiger partial charge in [0.05, 0.1) is 5.69 Å². The first-order valence-corrected chi connectivity index (χ1v) is 7.65. The van der Waals surface area contributed by atoms with Crippen molar-refractivity contribution in [3.05, 3.63) is 52.0 Å². The molecule has 0 saturated carbocycles. The lowest BCUT2D eigenvalue weighted by Crippen LogP contribution is -2.36. The van der Waals surface area contributed by atoms with Gasteiger partial charge in [-0.2, -0.15) is 5.10 Å². The summed E-state index contributed by atoms with van der Waals surface area (Å²) in [6.45, 7) is 4.94. The number of carbonyl (C=O) groups is 1. The minimum absolute atomic E-state index is 0.0259. The fourth-order valence-electron chi connectivity index (χ4n) is 2.75. The van der Waals surface area contributed by atoms with E-state index in [1.807, 2.05) is 13.0 Å². The van der Waals surface area contributed by atoms with E-state index in [4.69, 9.17) is 0 Å². The van der Waals surface area contributed by atoms with Gasteiger partial charge >= 0.3 is 0 Å². The molecule has 1 amide bonds. The van der Waals surface area contributed by atoms with Crippen molar-refractivity contribution in [3.8, 4) is 0 Å². The molecule has 7 nitrogen and oxygen atoms in total. The molecule has 23 heavy (non-hydrogen) atoms. The molecule has 0 spiro atoms. The number of carbonyl (C=O) groups excluding carboxylic acids is 1. The Labute approximate surface area is 134 Å². The molecular weight excluding hydrogens is 294 g/mol. The quantitative estimate of drug-likeness (QED) is 0.832. The Hall–Kier alpha value is -2.57. The molecule has 1 aliphatic heterocycles. The van der Waals surface area contributed by atoms with Crippen molar-refractivity contribution in [1.29, 1.82) is 0 Å². The van der Waals surface area contributed by atoms with Crippen LogP contribution in [0.2, 0.25) is 0 Å². The normalized spacial score (nSPS) is 17.5. The third-order valence-electron chi connectivity index (χ3n) is 4.00. The number of aryl methyl sites for hydroxylation is 2. The third kappa shape index (κ3) is 3.44. The lowest BCUT2D eigenvalue weighted by Gasteiger charge is -2.16. The Balaban J connectivity index is 1.68. The van der Waals surface area contributed by atoms with E-state index in [1.54, 1.807) is 24.1 Å². The molecule has 2 aromatic heterocycles. The summed E-state index contributed by atoms with van der Waals surface area (Å²) in [6.07, 6.45) is 2.59. The molecule has 1 fully saturated rings. The zero-order valence-corrected chi connectivity index (χ0v) is 13.3. The van der Waals surface area contributed by atoms with Crippen molar-refractivity contribution in [1.82, 2.24) is 24.6 Å². The van der Waals surface area contributed by atoms with Crippen LogP contribution in [0.1, 0.15) is 29.6 Å². The second kappa shape index (κ2) is 6.28. The van der Waals surface area contributed by atoms with Crippen molar-refractivity contribution < 1.29 is 4.79 Å². The second-order valence-electron chi connectivity index (χ2n) is 5.85. The van der Waals surface area contributed by atoms with E-state index < -0.39 is 0 Å². The smallest absolute Gasteiger partial charge is 0.267 e. The summed E-state index contributed by atoms with van der Waals surface area (Å²) in [5.41, 5.74) is 1.38. The highest BCUT2D eigenvalue weighted by molar-refractivity contribution is 5.76. The van der Waals surface area contributed by atoms with Crippen LogP contribution in [-0.4, -0.2) is 43.6 Å². The van der Waals surface area contributed by atoms with Gasteiger partial charge in [0.2, 0.25) is 5.91 Å². The Morgan fingerprint density at radius 3 is 2.87 bits per heavy atom. The van der Waals surface area contributed by atoms with Gasteiger partial charge in [-0.3, -0.25) is 9.59 Å². The molecule has 1 saturated heterocycles. The van der Waals surface area contributed by atoms with Gasteiger partial charge in [-0.25, -0.2) is 14.6 Å². The predicted molar refractivity (Wildman–Crippen MR) is 83.9 cm³/mol. The van der Waals surface area contributed by atoms with Crippen LogP contribution in [0.5, 0.6) is 0 Å². The summed E-state index contributed by atoms with van der Waals surface area (Å²) in [7, 11) is 0. The third-order valence-corrected chi connectivity index (χ3v) is 4.00. The van der Waals surface area contributed by atoms with Crippen LogP contribution < -0.4 is 5.56 Å². The zero-order chi connectivity index (χ0) is 16.4. The van der Waals surface area contributed by atoms with E-state index in [1.165, 1.54) is 10.7 Å². The van der Waals surface area contributed by atoms with Gasteiger partial charge in [-0.05, 0) is 32.4 Å². The van der Waals surface area contributed by atoms with Crippen LogP contribution in [0.4, 0.5) is 0 Å². The molecule has 120 valence electrons. The zero-order valence-electron chi connectivity index (χ0n) is 13.3. The Morgan fingerprint density at radius 1 is 1.26 bits per heavy atom. The maximum absolute atomic E-state index is 12.4. The Bertz CT molecular complexity index is 786. The van der Waals surface area contributed by atoms with Crippen LogP contribution in [0.15, 0.2) is 29.2 Å². The van der Waals surface area contributed by atoms with Crippen LogP contribution in [0.25, 0.3) is 0 Å². The van der Waals surface area contributed by atoms with E-state index in [9.17, 15) is 9.59 Å². The average molecular weight is 313 g/mol. The minimum atomic E-state index is -0.262. The maximum Gasteiger partial charge on any atom is 0.267 e. The first-order chi connectivity index (χ1) is 11.0. The summed E-state index contributed by atoms with van der Waals surface area (Å²) in [5.74, 6) is 0.840. The molecule has 1 aliphatic rings. The Morgan fingerprint density at radius 2 is 2.09 bits per heavy atom. The minimum Gasteiger partial charge on any atom is -0.340 e. The van der Waals surface area contributed by atoms with E-state index in [0.717, 1.165) is 17.9 Å². The highest BCUT2D eigenvalue weighted by atomic mass is 16.2. The highest BCUT2D eigenvalue weighted by Crippen LogP contribution is 2.24. The Kier molecular flexibility index (Phi) is 4.18. The predicted octanol–water partition coefficient (Wildman–Crippen LogP) is 0.666. The average Bonchev–Trinajstić information content (AvgIpc) is 3.01. The number of hydrogen-bond donors (Lipinski definition) is 0. The fourth-order valence-corrected chi connectivity index (χ4v) is 2.75. The fraction of sp³-hybridized carbons (Fsp3) is 0.438. The summed E-state index contributed by atoms with van der Waals surface area (Å²) in [4.78, 5) is 34.7. The lowest BCUT2D eigenvalue weighted by atomic mass is 10.1. The number of nitrogens with zero attached hydrogens (tertiary/aromatic N) is 5. The number of rotatable bonds is 3. The molecule has 1 atom stereocenters. The number of aromatic nitrogens is 4. The molecule has 7 heteroatoms. The van der Waals surface area contributed by atoms with Crippen molar-refractivity contribution in [2.24, 2.45) is 0 Å². The van der Waals surface area contributed by atoms with Gasteiger partial charge in [0.25, 0.3) is 5.56 Å². The van der Waals surface area contributed by atoms with Crippen molar-refractivity contribution in [2.45, 2.75) is 32.7 Å². The van der Waals surface area contributed by atoms with Gasteiger partial charge in [0, 0.05) is 37.0 Å². The molecule has 3 rings (SSSR count). The molecule has 0 unspecified atom stereocenters. The molecule has 2 aromatic rings. The van der Waals surface area contributed by atoms with E-state index in [0.29, 0.717) is 18.8 Å². The van der Waals surface area contributed by atoms with Crippen molar-refractivity contribution >= 4 is 5.91 Å². The molecule has 0 aromatic carbocycles. The highest BCUT2D eigenvalue weighted by Gasteiger charge is 2.29. The number of likely N-dealkylation sites (tertiary alicyclic amines) is 1. The number of hydrogen-bond acceptors (Lipinski definition) is 5. The van der Waals surface area contributed by atoms with Gasteiger partial charge in [0.15, 0.2) is 0 Å². The van der Waals surface area contributed by atoms with Gasteiger partial charge in [0.1, 0.15) is 12.4 Å². The van der Waals surface area contributed by atoms with Gasteiger partial charge in [-0.15, -0.1) is 0 Å². The van der Waals surface area contributed by atoms with Crippen molar-refractivity contribution in [3.63, 3.8) is 0 Å². The molecule has 0 radical (unpaired) electrons. The molecule has 3 heterocycles. The van der Waals surface area contributed by atoms with Crippen molar-refractivity contribution in [2.75, 3.05) is 13.1 Å². The topological polar surface area (TPSA) is 81.0 Å². The van der Waals surface area contributed by atoms with Crippen LogP contribution in [-0.2, 0) is 11.3 Å². The van der Waals surface area contributed by atoms with E-state index >= 15 is 0 Å². The van der Waals surface area contributed by atoms with E-state index in [2.05, 4.69) is 15.1 Å².